The summed E-state index contributed by atoms with van der Waals surface area (Å²) in [5.41, 5.74) is 2.77. The third-order valence-corrected chi connectivity index (χ3v) is 6.26. The number of halogens is 2. The van der Waals surface area contributed by atoms with E-state index in [0.29, 0.717) is 21.7 Å². The molecule has 0 bridgehead atoms. The summed E-state index contributed by atoms with van der Waals surface area (Å²) < 4.78 is 0. The molecule has 0 atom stereocenters. The average Bonchev–Trinajstić information content (AvgIpc) is 2.71. The standard InChI is InChI=1S/C23H23Cl2N3O/c1-14-12-22(28-21-5-3-2-4-18(14)21)26-16-7-9-17(10-8-16)27-23(29)15-6-11-19(24)20(25)13-15/h2-6,11-13,16-17H,7-10H2,1H3,(H,26,28)(H,27,29)/t16-,17+. The van der Waals surface area contributed by atoms with Crippen LogP contribution < -0.4 is 10.6 Å². The molecule has 6 heteroatoms. The van der Waals surface area contributed by atoms with Crippen molar-refractivity contribution < 1.29 is 4.79 Å². The van der Waals surface area contributed by atoms with E-state index < -0.39 is 0 Å². The highest BCUT2D eigenvalue weighted by Crippen LogP contribution is 2.26. The molecule has 1 fully saturated rings. The van der Waals surface area contributed by atoms with Gasteiger partial charge in [0.25, 0.3) is 5.91 Å². The second kappa shape index (κ2) is 8.60. The summed E-state index contributed by atoms with van der Waals surface area (Å²) in [5.74, 6) is 0.816. The largest absolute Gasteiger partial charge is 0.367 e. The Morgan fingerprint density at radius 3 is 2.45 bits per heavy atom. The van der Waals surface area contributed by atoms with E-state index in [1.807, 2.05) is 18.2 Å². The Balaban J connectivity index is 1.33. The van der Waals surface area contributed by atoms with Crippen LogP contribution in [-0.2, 0) is 0 Å². The summed E-state index contributed by atoms with van der Waals surface area (Å²) in [6.07, 6.45) is 3.83. The molecule has 29 heavy (non-hydrogen) atoms. The summed E-state index contributed by atoms with van der Waals surface area (Å²) in [7, 11) is 0. The number of amides is 1. The van der Waals surface area contributed by atoms with Crippen LogP contribution in [0.2, 0.25) is 10.0 Å². The molecule has 1 saturated carbocycles. The maximum Gasteiger partial charge on any atom is 0.251 e. The number of aromatic nitrogens is 1. The number of nitrogens with one attached hydrogen (secondary N) is 2. The van der Waals surface area contributed by atoms with Crippen molar-refractivity contribution in [2.45, 2.75) is 44.7 Å². The van der Waals surface area contributed by atoms with E-state index in [1.165, 1.54) is 10.9 Å². The molecule has 0 saturated heterocycles. The van der Waals surface area contributed by atoms with Crippen molar-refractivity contribution in [3.05, 3.63) is 69.7 Å². The van der Waals surface area contributed by atoms with E-state index in [0.717, 1.165) is 37.0 Å². The molecular weight excluding hydrogens is 405 g/mol. The molecule has 0 aliphatic heterocycles. The molecule has 150 valence electrons. The Hall–Kier alpha value is -2.30. The van der Waals surface area contributed by atoms with Crippen molar-refractivity contribution in [2.24, 2.45) is 0 Å². The van der Waals surface area contributed by atoms with Crippen LogP contribution in [0.3, 0.4) is 0 Å². The Morgan fingerprint density at radius 1 is 0.966 bits per heavy atom. The van der Waals surface area contributed by atoms with E-state index in [2.05, 4.69) is 29.7 Å². The zero-order valence-electron chi connectivity index (χ0n) is 16.2. The lowest BCUT2D eigenvalue weighted by atomic mass is 9.91. The highest BCUT2D eigenvalue weighted by Gasteiger charge is 2.23. The van der Waals surface area contributed by atoms with E-state index in [4.69, 9.17) is 28.2 Å². The number of anilines is 1. The van der Waals surface area contributed by atoms with Gasteiger partial charge < -0.3 is 10.6 Å². The summed E-state index contributed by atoms with van der Waals surface area (Å²) in [6, 6.07) is 15.8. The number of carbonyl (C=O) groups is 1. The number of benzene rings is 2. The first kappa shape index (κ1) is 20.0. The second-order valence-electron chi connectivity index (χ2n) is 7.64. The maximum absolute atomic E-state index is 12.5. The molecule has 2 N–H and O–H groups in total. The average molecular weight is 428 g/mol. The van der Waals surface area contributed by atoms with Crippen LogP contribution in [0.4, 0.5) is 5.82 Å². The molecule has 1 aromatic heterocycles. The Morgan fingerprint density at radius 2 is 1.69 bits per heavy atom. The van der Waals surface area contributed by atoms with Gasteiger partial charge in [-0.2, -0.15) is 0 Å². The maximum atomic E-state index is 12.5. The molecule has 3 aromatic rings. The van der Waals surface area contributed by atoms with Gasteiger partial charge in [0.2, 0.25) is 0 Å². The second-order valence-corrected chi connectivity index (χ2v) is 8.45. The van der Waals surface area contributed by atoms with Crippen molar-refractivity contribution in [3.8, 4) is 0 Å². The molecule has 1 aliphatic rings. The fourth-order valence-corrected chi connectivity index (χ4v) is 4.22. The van der Waals surface area contributed by atoms with Crippen LogP contribution in [0.5, 0.6) is 0 Å². The predicted molar refractivity (Wildman–Crippen MR) is 120 cm³/mol. The van der Waals surface area contributed by atoms with Gasteiger partial charge in [0.15, 0.2) is 0 Å². The van der Waals surface area contributed by atoms with Crippen LogP contribution in [0.1, 0.15) is 41.6 Å². The van der Waals surface area contributed by atoms with Gasteiger partial charge in [-0.15, -0.1) is 0 Å². The van der Waals surface area contributed by atoms with Gasteiger partial charge in [0.1, 0.15) is 5.82 Å². The first-order valence-corrected chi connectivity index (χ1v) is 10.6. The van der Waals surface area contributed by atoms with E-state index in [1.54, 1.807) is 18.2 Å². The molecular formula is C23H23Cl2N3O. The minimum Gasteiger partial charge on any atom is -0.367 e. The zero-order chi connectivity index (χ0) is 20.4. The van der Waals surface area contributed by atoms with E-state index in [-0.39, 0.29) is 11.9 Å². The van der Waals surface area contributed by atoms with Crippen LogP contribution in [0.25, 0.3) is 10.9 Å². The van der Waals surface area contributed by atoms with Gasteiger partial charge in [-0.05, 0) is 68.5 Å². The highest BCUT2D eigenvalue weighted by atomic mass is 35.5. The van der Waals surface area contributed by atoms with Crippen LogP contribution in [0.15, 0.2) is 48.5 Å². The Bertz CT molecular complexity index is 1050. The number of hydrogen-bond donors (Lipinski definition) is 2. The van der Waals surface area contributed by atoms with E-state index >= 15 is 0 Å². The lowest BCUT2D eigenvalue weighted by molar-refractivity contribution is 0.0926. The molecule has 0 unspecified atom stereocenters. The minimum atomic E-state index is -0.105. The smallest absolute Gasteiger partial charge is 0.251 e. The van der Waals surface area contributed by atoms with Gasteiger partial charge in [-0.25, -0.2) is 4.98 Å². The molecule has 1 heterocycles. The first-order chi connectivity index (χ1) is 14.0. The predicted octanol–water partition coefficient (Wildman–Crippen LogP) is 6.00. The number of aryl methyl sites for hydroxylation is 1. The van der Waals surface area contributed by atoms with Crippen molar-refractivity contribution in [2.75, 3.05) is 5.32 Å². The zero-order valence-corrected chi connectivity index (χ0v) is 17.7. The molecule has 0 radical (unpaired) electrons. The number of nitrogens with zero attached hydrogens (tertiary/aromatic N) is 1. The van der Waals surface area contributed by atoms with Gasteiger partial charge in [-0.3, -0.25) is 4.79 Å². The van der Waals surface area contributed by atoms with Gasteiger partial charge in [0.05, 0.1) is 15.6 Å². The number of fused-ring (bicyclic) bond motifs is 1. The van der Waals surface area contributed by atoms with Gasteiger partial charge >= 0.3 is 0 Å². The monoisotopic (exact) mass is 427 g/mol. The Kier molecular flexibility index (Phi) is 5.93. The third kappa shape index (κ3) is 4.65. The quantitative estimate of drug-likeness (QED) is 0.536. The number of para-hydroxylation sites is 1. The molecule has 4 nitrogen and oxygen atoms in total. The van der Waals surface area contributed by atoms with Crippen molar-refractivity contribution in [3.63, 3.8) is 0 Å². The SMILES string of the molecule is Cc1cc(N[C@H]2CC[C@@H](NC(=O)c3ccc(Cl)c(Cl)c3)CC2)nc2ccccc12. The van der Waals surface area contributed by atoms with Crippen LogP contribution in [-0.4, -0.2) is 23.0 Å². The van der Waals surface area contributed by atoms with Crippen molar-refractivity contribution in [1.29, 1.82) is 0 Å². The summed E-state index contributed by atoms with van der Waals surface area (Å²) in [5, 5.41) is 8.72. The Labute approximate surface area is 180 Å². The number of hydrogen-bond acceptors (Lipinski definition) is 3. The summed E-state index contributed by atoms with van der Waals surface area (Å²) in [4.78, 5) is 17.2. The third-order valence-electron chi connectivity index (χ3n) is 5.52. The highest BCUT2D eigenvalue weighted by molar-refractivity contribution is 6.42. The summed E-state index contributed by atoms with van der Waals surface area (Å²) >= 11 is 11.9. The molecule has 2 aromatic carbocycles. The van der Waals surface area contributed by atoms with Crippen molar-refractivity contribution >= 4 is 45.8 Å². The number of rotatable bonds is 4. The van der Waals surface area contributed by atoms with Gasteiger partial charge in [-0.1, -0.05) is 41.4 Å². The molecule has 4 rings (SSSR count). The number of pyridine rings is 1. The van der Waals surface area contributed by atoms with Crippen LogP contribution in [0, 0.1) is 6.92 Å². The summed E-state index contributed by atoms with van der Waals surface area (Å²) in [6.45, 7) is 2.12. The van der Waals surface area contributed by atoms with E-state index in [9.17, 15) is 4.79 Å². The first-order valence-electron chi connectivity index (χ1n) is 9.88. The minimum absolute atomic E-state index is 0.105. The lowest BCUT2D eigenvalue weighted by Crippen LogP contribution is -2.40. The van der Waals surface area contributed by atoms with Crippen LogP contribution >= 0.6 is 23.2 Å². The fraction of sp³-hybridized carbons (Fsp3) is 0.304. The fourth-order valence-electron chi connectivity index (χ4n) is 3.92. The molecule has 0 spiro atoms. The molecule has 1 amide bonds. The van der Waals surface area contributed by atoms with Gasteiger partial charge in [0, 0.05) is 23.0 Å². The molecule has 1 aliphatic carbocycles. The van der Waals surface area contributed by atoms with Crippen molar-refractivity contribution in [1.82, 2.24) is 10.3 Å². The topological polar surface area (TPSA) is 54.0 Å². The number of carbonyl (C=O) groups excluding carboxylic acids is 1. The lowest BCUT2D eigenvalue weighted by Gasteiger charge is -2.30. The normalized spacial score (nSPS) is 19.1.